The van der Waals surface area contributed by atoms with Gasteiger partial charge in [0.05, 0.1) is 25.8 Å². The van der Waals surface area contributed by atoms with Crippen LogP contribution in [0.5, 0.6) is 11.5 Å². The Morgan fingerprint density at radius 1 is 1.17 bits per heavy atom. The number of allylic oxidation sites excluding steroid dienone is 1. The van der Waals surface area contributed by atoms with Crippen molar-refractivity contribution in [1.82, 2.24) is 10.2 Å². The number of hydrogen-bond donors (Lipinski definition) is 2. The lowest BCUT2D eigenvalue weighted by molar-refractivity contribution is -0.133. The summed E-state index contributed by atoms with van der Waals surface area (Å²) in [7, 11) is 2.96. The van der Waals surface area contributed by atoms with Gasteiger partial charge in [-0.15, -0.1) is 0 Å². The first-order chi connectivity index (χ1) is 14.4. The summed E-state index contributed by atoms with van der Waals surface area (Å²) in [6, 6.07) is 4.44. The molecule has 2 rings (SSSR count). The van der Waals surface area contributed by atoms with E-state index in [0.29, 0.717) is 5.75 Å². The van der Waals surface area contributed by atoms with Gasteiger partial charge < -0.3 is 24.8 Å². The number of benzene rings is 1. The molecule has 1 fully saturated rings. The van der Waals surface area contributed by atoms with Crippen LogP contribution in [0.15, 0.2) is 30.4 Å². The van der Waals surface area contributed by atoms with Crippen LogP contribution in [0.1, 0.15) is 42.5 Å². The number of nitrogens with one attached hydrogen (secondary N) is 1. The van der Waals surface area contributed by atoms with Crippen molar-refractivity contribution in [1.29, 1.82) is 0 Å². The average Bonchev–Trinajstić information content (AvgIpc) is 2.75. The van der Waals surface area contributed by atoms with Crippen molar-refractivity contribution in [3.8, 4) is 11.5 Å². The number of ether oxygens (including phenoxy) is 2. The normalized spacial score (nSPS) is 14.5. The third-order valence-electron chi connectivity index (χ3n) is 5.03. The molecule has 0 bridgehead atoms. The molecule has 164 valence electrons. The Morgan fingerprint density at radius 3 is 2.53 bits per heavy atom. The predicted molar refractivity (Wildman–Crippen MR) is 112 cm³/mol. The molecule has 2 N–H and O–H groups in total. The molecule has 0 saturated heterocycles. The first-order valence-electron chi connectivity index (χ1n) is 10.1. The minimum atomic E-state index is -0.526. The monoisotopic (exact) mass is 418 g/mol. The number of methoxy groups -OCH3 is 2. The molecule has 2 amide bonds. The maximum atomic E-state index is 12.6. The Balaban J connectivity index is 1.99. The number of hydrogen-bond acceptors (Lipinski definition) is 6. The number of amides is 2. The number of carbonyl (C=O) groups is 3. The molecule has 8 heteroatoms. The van der Waals surface area contributed by atoms with E-state index in [1.54, 1.807) is 6.07 Å². The maximum Gasteiger partial charge on any atom is 0.247 e. The van der Waals surface area contributed by atoms with Crippen LogP contribution in [0.2, 0.25) is 0 Å². The van der Waals surface area contributed by atoms with Crippen molar-refractivity contribution in [2.75, 3.05) is 33.9 Å². The fraction of sp³-hybridized carbons (Fsp3) is 0.500. The molecular formula is C22H30N2O6. The lowest BCUT2D eigenvalue weighted by Crippen LogP contribution is -2.45. The molecule has 1 aromatic carbocycles. The van der Waals surface area contributed by atoms with Crippen LogP contribution in [0.25, 0.3) is 0 Å². The predicted octanol–water partition coefficient (Wildman–Crippen LogP) is 2.06. The Labute approximate surface area is 176 Å². The van der Waals surface area contributed by atoms with Gasteiger partial charge in [0.2, 0.25) is 11.8 Å². The number of rotatable bonds is 10. The lowest BCUT2D eigenvalue weighted by atomic mass is 9.95. The molecule has 0 aliphatic heterocycles. The molecule has 1 saturated carbocycles. The van der Waals surface area contributed by atoms with Gasteiger partial charge in [-0.25, -0.2) is 0 Å². The van der Waals surface area contributed by atoms with Gasteiger partial charge in [0.25, 0.3) is 0 Å². The molecule has 1 aliphatic carbocycles. The Morgan fingerprint density at radius 2 is 1.90 bits per heavy atom. The van der Waals surface area contributed by atoms with Gasteiger partial charge in [0.15, 0.2) is 5.78 Å². The molecule has 0 heterocycles. The fourth-order valence-corrected chi connectivity index (χ4v) is 3.35. The summed E-state index contributed by atoms with van der Waals surface area (Å²) < 4.78 is 10.0. The van der Waals surface area contributed by atoms with E-state index in [1.807, 2.05) is 0 Å². The van der Waals surface area contributed by atoms with Crippen molar-refractivity contribution in [3.63, 3.8) is 0 Å². The molecule has 0 atom stereocenters. The van der Waals surface area contributed by atoms with Crippen molar-refractivity contribution >= 4 is 17.6 Å². The van der Waals surface area contributed by atoms with Gasteiger partial charge in [-0.1, -0.05) is 19.3 Å². The second-order valence-corrected chi connectivity index (χ2v) is 7.24. The number of aromatic hydroxyl groups is 1. The summed E-state index contributed by atoms with van der Waals surface area (Å²) in [4.78, 5) is 38.6. The van der Waals surface area contributed by atoms with Gasteiger partial charge in [-0.3, -0.25) is 14.4 Å². The van der Waals surface area contributed by atoms with Crippen LogP contribution in [-0.2, 0) is 14.3 Å². The highest BCUT2D eigenvalue weighted by Crippen LogP contribution is 2.24. The smallest absolute Gasteiger partial charge is 0.247 e. The van der Waals surface area contributed by atoms with E-state index < -0.39 is 11.7 Å². The zero-order valence-corrected chi connectivity index (χ0v) is 17.6. The zero-order valence-electron chi connectivity index (χ0n) is 17.6. The molecule has 0 radical (unpaired) electrons. The van der Waals surface area contributed by atoms with Gasteiger partial charge in [0, 0.05) is 31.8 Å². The second-order valence-electron chi connectivity index (χ2n) is 7.24. The molecule has 0 unspecified atom stereocenters. The number of phenolic OH excluding ortho intramolecular Hbond substituents is 1. The Hall–Kier alpha value is -2.87. The topological polar surface area (TPSA) is 105 Å². The second kappa shape index (κ2) is 12.0. The van der Waals surface area contributed by atoms with E-state index in [1.165, 1.54) is 37.7 Å². The minimum absolute atomic E-state index is 0.0540. The fourth-order valence-electron chi connectivity index (χ4n) is 3.35. The Bertz CT molecular complexity index is 771. The van der Waals surface area contributed by atoms with E-state index in [0.717, 1.165) is 37.8 Å². The van der Waals surface area contributed by atoms with Gasteiger partial charge in [-0.2, -0.15) is 0 Å². The van der Waals surface area contributed by atoms with Gasteiger partial charge in [-0.05, 0) is 31.1 Å². The minimum Gasteiger partial charge on any atom is -0.507 e. The first-order valence-corrected chi connectivity index (χ1v) is 10.1. The van der Waals surface area contributed by atoms with Crippen LogP contribution < -0.4 is 10.1 Å². The quantitative estimate of drug-likeness (QED) is 0.445. The molecule has 8 nitrogen and oxygen atoms in total. The van der Waals surface area contributed by atoms with Crippen LogP contribution in [-0.4, -0.2) is 67.6 Å². The Kier molecular flexibility index (Phi) is 9.34. The highest BCUT2D eigenvalue weighted by atomic mass is 16.5. The number of ketones is 1. The summed E-state index contributed by atoms with van der Waals surface area (Å²) in [5.41, 5.74) is 0.0540. The van der Waals surface area contributed by atoms with Crippen LogP contribution in [0.4, 0.5) is 0 Å². The van der Waals surface area contributed by atoms with E-state index in [9.17, 15) is 19.5 Å². The van der Waals surface area contributed by atoms with Crippen molar-refractivity contribution in [3.05, 3.63) is 35.9 Å². The van der Waals surface area contributed by atoms with E-state index in [4.69, 9.17) is 9.47 Å². The highest BCUT2D eigenvalue weighted by Gasteiger charge is 2.20. The molecule has 1 aliphatic rings. The van der Waals surface area contributed by atoms with Gasteiger partial charge >= 0.3 is 0 Å². The van der Waals surface area contributed by atoms with E-state index in [-0.39, 0.29) is 43.0 Å². The highest BCUT2D eigenvalue weighted by molar-refractivity contribution is 6.09. The van der Waals surface area contributed by atoms with Crippen molar-refractivity contribution in [2.24, 2.45) is 0 Å². The van der Waals surface area contributed by atoms with Crippen molar-refractivity contribution < 1.29 is 29.0 Å². The summed E-state index contributed by atoms with van der Waals surface area (Å²) in [6.45, 7) is 0.383. The van der Waals surface area contributed by atoms with E-state index in [2.05, 4.69) is 5.32 Å². The SMILES string of the molecule is COCCN(CC(=O)NC1CCCCC1)C(=O)/C=C/C(=O)c1ccc(OC)cc1O. The lowest BCUT2D eigenvalue weighted by Gasteiger charge is -2.25. The summed E-state index contributed by atoms with van der Waals surface area (Å²) in [5.74, 6) is -1.05. The summed E-state index contributed by atoms with van der Waals surface area (Å²) >= 11 is 0. The first kappa shape index (κ1) is 23.4. The average molecular weight is 418 g/mol. The van der Waals surface area contributed by atoms with E-state index >= 15 is 0 Å². The standard InChI is InChI=1S/C22H30N2O6/c1-29-13-12-24(15-21(27)23-16-6-4-3-5-7-16)22(28)11-10-19(25)18-9-8-17(30-2)14-20(18)26/h8-11,14,16,26H,3-7,12-13,15H2,1-2H3,(H,23,27)/b11-10+. The molecule has 0 spiro atoms. The summed E-state index contributed by atoms with van der Waals surface area (Å²) in [6.07, 6.45) is 7.49. The van der Waals surface area contributed by atoms with Crippen molar-refractivity contribution in [2.45, 2.75) is 38.1 Å². The molecular weight excluding hydrogens is 388 g/mol. The van der Waals surface area contributed by atoms with Crippen LogP contribution >= 0.6 is 0 Å². The molecule has 1 aromatic rings. The zero-order chi connectivity index (χ0) is 21.9. The number of carbonyl (C=O) groups excluding carboxylic acids is 3. The third-order valence-corrected chi connectivity index (χ3v) is 5.03. The molecule has 30 heavy (non-hydrogen) atoms. The largest absolute Gasteiger partial charge is 0.507 e. The van der Waals surface area contributed by atoms with Crippen LogP contribution in [0, 0.1) is 0 Å². The third kappa shape index (κ3) is 7.18. The number of nitrogens with zero attached hydrogens (tertiary/aromatic N) is 1. The molecule has 0 aromatic heterocycles. The number of phenols is 1. The summed E-state index contributed by atoms with van der Waals surface area (Å²) in [5, 5.41) is 12.9. The van der Waals surface area contributed by atoms with Gasteiger partial charge in [0.1, 0.15) is 11.5 Å². The van der Waals surface area contributed by atoms with Crippen LogP contribution in [0.3, 0.4) is 0 Å². The maximum absolute atomic E-state index is 12.6.